The van der Waals surface area contributed by atoms with Crippen molar-refractivity contribution in [2.24, 2.45) is 0 Å². The Morgan fingerprint density at radius 2 is 1.64 bits per heavy atom. The van der Waals surface area contributed by atoms with Gasteiger partial charge in [-0.15, -0.1) is 0 Å². The van der Waals surface area contributed by atoms with Gasteiger partial charge in [0.2, 0.25) is 0 Å². The summed E-state index contributed by atoms with van der Waals surface area (Å²) in [5.41, 5.74) is 4.74. The van der Waals surface area contributed by atoms with Crippen molar-refractivity contribution in [2.75, 3.05) is 17.2 Å². The zero-order valence-electron chi connectivity index (χ0n) is 14.2. The highest BCUT2D eigenvalue weighted by Crippen LogP contribution is 2.13. The number of hydrogen-bond donors (Lipinski definition) is 2. The lowest BCUT2D eigenvalue weighted by atomic mass is 10.2. The Morgan fingerprint density at radius 3 is 2.27 bits per heavy atom. The average molecular weight is 296 g/mol. The van der Waals surface area contributed by atoms with Gasteiger partial charge in [0.25, 0.3) is 0 Å². The van der Waals surface area contributed by atoms with Gasteiger partial charge in [-0.3, -0.25) is 0 Å². The maximum atomic E-state index is 3.46. The largest absolute Gasteiger partial charge is 0.379 e. The van der Waals surface area contributed by atoms with Crippen molar-refractivity contribution in [3.63, 3.8) is 0 Å². The number of nitrogens with one attached hydrogen (secondary N) is 2. The second-order valence-corrected chi connectivity index (χ2v) is 4.85. The Balaban J connectivity index is 0.00000116. The van der Waals surface area contributed by atoms with Gasteiger partial charge in [-0.2, -0.15) is 0 Å². The van der Waals surface area contributed by atoms with Crippen LogP contribution < -0.4 is 10.6 Å². The van der Waals surface area contributed by atoms with E-state index in [4.69, 9.17) is 0 Å². The molecule has 0 fully saturated rings. The molecule has 2 aromatic rings. The van der Waals surface area contributed by atoms with Crippen LogP contribution in [0.3, 0.4) is 0 Å². The molecule has 0 amide bonds. The lowest BCUT2D eigenvalue weighted by Crippen LogP contribution is -2.11. The zero-order valence-corrected chi connectivity index (χ0v) is 14.2. The van der Waals surface area contributed by atoms with E-state index in [1.54, 1.807) is 0 Å². The third-order valence-corrected chi connectivity index (χ3v) is 3.03. The maximum Gasteiger partial charge on any atom is 0.0548 e. The fourth-order valence-corrected chi connectivity index (χ4v) is 2.07. The van der Waals surface area contributed by atoms with Crippen LogP contribution in [0.4, 0.5) is 11.4 Å². The van der Waals surface area contributed by atoms with Crippen molar-refractivity contribution in [2.45, 2.75) is 34.1 Å². The number of para-hydroxylation sites is 1. The van der Waals surface area contributed by atoms with E-state index >= 15 is 0 Å². The van der Waals surface area contributed by atoms with Crippen LogP contribution in [0.15, 0.2) is 66.4 Å². The van der Waals surface area contributed by atoms with Crippen LogP contribution in [0, 0.1) is 6.92 Å². The Morgan fingerprint density at radius 1 is 0.955 bits per heavy atom. The van der Waals surface area contributed by atoms with E-state index in [1.807, 2.05) is 32.0 Å². The van der Waals surface area contributed by atoms with Crippen LogP contribution in [-0.4, -0.2) is 6.54 Å². The van der Waals surface area contributed by atoms with Crippen molar-refractivity contribution in [3.05, 3.63) is 71.9 Å². The molecule has 0 aliphatic carbocycles. The van der Waals surface area contributed by atoms with Crippen molar-refractivity contribution in [1.82, 2.24) is 0 Å². The standard InChI is InChI=1S/C18H22N2.C2H6/c1-3-8-18(20-16-10-5-4-6-11-16)14-19-17-12-7-9-15(2)13-17;1-2/h4-13,19-20H,3,14H2,1-2H3;1-2H3/b18-8+;. The fourth-order valence-electron chi connectivity index (χ4n) is 2.07. The summed E-state index contributed by atoms with van der Waals surface area (Å²) in [6.07, 6.45) is 3.24. The summed E-state index contributed by atoms with van der Waals surface area (Å²) >= 11 is 0. The van der Waals surface area contributed by atoms with Gasteiger partial charge in [0, 0.05) is 17.1 Å². The first-order chi connectivity index (χ1) is 10.8. The number of rotatable bonds is 6. The van der Waals surface area contributed by atoms with Crippen LogP contribution in [0.2, 0.25) is 0 Å². The van der Waals surface area contributed by atoms with Gasteiger partial charge in [-0.25, -0.2) is 0 Å². The minimum absolute atomic E-state index is 0.798. The predicted molar refractivity (Wildman–Crippen MR) is 99.5 cm³/mol. The van der Waals surface area contributed by atoms with E-state index in [9.17, 15) is 0 Å². The summed E-state index contributed by atoms with van der Waals surface area (Å²) in [5, 5.41) is 6.92. The number of aryl methyl sites for hydroxylation is 1. The molecule has 118 valence electrons. The number of anilines is 2. The van der Waals surface area contributed by atoms with Crippen molar-refractivity contribution in [1.29, 1.82) is 0 Å². The molecule has 2 aromatic carbocycles. The smallest absolute Gasteiger partial charge is 0.0548 e. The monoisotopic (exact) mass is 296 g/mol. The molecular formula is C20H28N2. The molecule has 0 radical (unpaired) electrons. The maximum absolute atomic E-state index is 3.46. The molecular weight excluding hydrogens is 268 g/mol. The Bertz CT molecular complexity index is 559. The first kappa shape index (κ1) is 17.8. The molecule has 0 bridgehead atoms. The van der Waals surface area contributed by atoms with E-state index < -0.39 is 0 Å². The second kappa shape index (κ2) is 10.5. The number of allylic oxidation sites excluding steroid dienone is 1. The molecule has 22 heavy (non-hydrogen) atoms. The number of hydrogen-bond acceptors (Lipinski definition) is 2. The summed E-state index contributed by atoms with van der Waals surface area (Å²) in [4.78, 5) is 0. The lowest BCUT2D eigenvalue weighted by molar-refractivity contribution is 1.13. The first-order valence-electron chi connectivity index (χ1n) is 8.09. The van der Waals surface area contributed by atoms with Crippen molar-refractivity contribution in [3.8, 4) is 0 Å². The molecule has 2 heteroatoms. The molecule has 0 saturated heterocycles. The quantitative estimate of drug-likeness (QED) is 0.699. The lowest BCUT2D eigenvalue weighted by Gasteiger charge is -2.13. The van der Waals surface area contributed by atoms with Crippen LogP contribution in [0.25, 0.3) is 0 Å². The second-order valence-electron chi connectivity index (χ2n) is 4.85. The molecule has 0 aliphatic heterocycles. The van der Waals surface area contributed by atoms with Crippen LogP contribution in [-0.2, 0) is 0 Å². The minimum atomic E-state index is 0.798. The van der Waals surface area contributed by atoms with Crippen molar-refractivity contribution < 1.29 is 0 Å². The summed E-state index contributed by atoms with van der Waals surface area (Å²) < 4.78 is 0. The van der Waals surface area contributed by atoms with Crippen LogP contribution >= 0.6 is 0 Å². The SMILES string of the molecule is CC.CC/C=C(\CNc1cccc(C)c1)Nc1ccccc1. The van der Waals surface area contributed by atoms with Gasteiger partial charge in [0.1, 0.15) is 0 Å². The molecule has 0 atom stereocenters. The van der Waals surface area contributed by atoms with Gasteiger partial charge in [0.15, 0.2) is 0 Å². The third-order valence-electron chi connectivity index (χ3n) is 3.03. The summed E-state index contributed by atoms with van der Waals surface area (Å²) in [6.45, 7) is 9.06. The Hall–Kier alpha value is -2.22. The molecule has 0 spiro atoms. The highest BCUT2D eigenvalue weighted by atomic mass is 15.0. The normalized spacial score (nSPS) is 10.5. The number of benzene rings is 2. The van der Waals surface area contributed by atoms with Gasteiger partial charge in [-0.05, 0) is 43.2 Å². The Labute approximate surface area is 135 Å². The highest BCUT2D eigenvalue weighted by Gasteiger charge is 1.98. The average Bonchev–Trinajstić information content (AvgIpc) is 2.56. The molecule has 0 aliphatic rings. The first-order valence-corrected chi connectivity index (χ1v) is 8.09. The predicted octanol–water partition coefficient (Wildman–Crippen LogP) is 5.84. The molecule has 2 N–H and O–H groups in total. The summed E-state index contributed by atoms with van der Waals surface area (Å²) in [5.74, 6) is 0. The van der Waals surface area contributed by atoms with Gasteiger partial charge < -0.3 is 10.6 Å². The molecule has 0 saturated carbocycles. The minimum Gasteiger partial charge on any atom is -0.379 e. The van der Waals surface area contributed by atoms with Crippen LogP contribution in [0.1, 0.15) is 32.8 Å². The van der Waals surface area contributed by atoms with E-state index in [-0.39, 0.29) is 0 Å². The van der Waals surface area contributed by atoms with E-state index in [2.05, 4.69) is 67.0 Å². The van der Waals surface area contributed by atoms with E-state index in [0.717, 1.165) is 24.3 Å². The van der Waals surface area contributed by atoms with E-state index in [1.165, 1.54) is 11.3 Å². The fraction of sp³-hybridized carbons (Fsp3) is 0.300. The molecule has 2 nitrogen and oxygen atoms in total. The third kappa shape index (κ3) is 6.49. The zero-order chi connectivity index (χ0) is 16.2. The summed E-state index contributed by atoms with van der Waals surface area (Å²) in [7, 11) is 0. The van der Waals surface area contributed by atoms with Gasteiger partial charge >= 0.3 is 0 Å². The molecule has 0 aromatic heterocycles. The van der Waals surface area contributed by atoms with Crippen molar-refractivity contribution >= 4 is 11.4 Å². The highest BCUT2D eigenvalue weighted by molar-refractivity contribution is 5.51. The molecule has 0 unspecified atom stereocenters. The topological polar surface area (TPSA) is 24.1 Å². The van der Waals surface area contributed by atoms with Crippen LogP contribution in [0.5, 0.6) is 0 Å². The van der Waals surface area contributed by atoms with E-state index in [0.29, 0.717) is 0 Å². The van der Waals surface area contributed by atoms with Gasteiger partial charge in [0.05, 0.1) is 6.54 Å². The molecule has 0 heterocycles. The molecule has 2 rings (SSSR count). The Kier molecular flexibility index (Phi) is 8.51. The van der Waals surface area contributed by atoms with Gasteiger partial charge in [-0.1, -0.05) is 57.2 Å². The summed E-state index contributed by atoms with van der Waals surface area (Å²) in [6, 6.07) is 18.7.